The van der Waals surface area contributed by atoms with Gasteiger partial charge < -0.3 is 10.0 Å². The van der Waals surface area contributed by atoms with Gasteiger partial charge in [-0.3, -0.25) is 4.79 Å². The van der Waals surface area contributed by atoms with Crippen LogP contribution < -0.4 is 0 Å². The highest BCUT2D eigenvalue weighted by atomic mass is 32.2. The average Bonchev–Trinajstić information content (AvgIpc) is 2.75. The van der Waals surface area contributed by atoms with Crippen molar-refractivity contribution in [3.8, 4) is 0 Å². The number of hydrogen-bond acceptors (Lipinski definition) is 3. The molecule has 1 aromatic rings. The lowest BCUT2D eigenvalue weighted by atomic mass is 10.1. The quantitative estimate of drug-likeness (QED) is 0.912. The lowest BCUT2D eigenvalue weighted by Gasteiger charge is -2.29. The highest BCUT2D eigenvalue weighted by Gasteiger charge is 2.37. The Morgan fingerprint density at radius 2 is 2.00 bits per heavy atom. The fourth-order valence-corrected chi connectivity index (χ4v) is 4.40. The summed E-state index contributed by atoms with van der Waals surface area (Å²) >= 11 is 1.57. The maximum atomic E-state index is 12.8. The fourth-order valence-electron chi connectivity index (χ4n) is 3.13. The largest absolute Gasteiger partial charge is 0.480 e. The van der Waals surface area contributed by atoms with Gasteiger partial charge in [0.2, 0.25) is 5.91 Å². The van der Waals surface area contributed by atoms with Gasteiger partial charge in [0.1, 0.15) is 6.04 Å². The Kier molecular flexibility index (Phi) is 4.19. The maximum Gasteiger partial charge on any atom is 0.326 e. The minimum absolute atomic E-state index is 0.00880. The first-order chi connectivity index (χ1) is 10.2. The smallest absolute Gasteiger partial charge is 0.326 e. The van der Waals surface area contributed by atoms with Crippen molar-refractivity contribution in [3.05, 3.63) is 29.8 Å². The van der Waals surface area contributed by atoms with Crippen molar-refractivity contribution >= 4 is 23.6 Å². The summed E-state index contributed by atoms with van der Waals surface area (Å²) in [4.78, 5) is 27.0. The van der Waals surface area contributed by atoms with Gasteiger partial charge in [-0.05, 0) is 30.9 Å². The topological polar surface area (TPSA) is 57.6 Å². The molecule has 21 heavy (non-hydrogen) atoms. The minimum atomic E-state index is -0.870. The molecule has 1 fully saturated rings. The van der Waals surface area contributed by atoms with E-state index in [1.807, 2.05) is 24.3 Å². The van der Waals surface area contributed by atoms with Crippen molar-refractivity contribution in [2.24, 2.45) is 0 Å². The summed E-state index contributed by atoms with van der Waals surface area (Å²) in [6.07, 6.45) is 4.08. The van der Waals surface area contributed by atoms with E-state index in [0.717, 1.165) is 24.2 Å². The van der Waals surface area contributed by atoms with Crippen LogP contribution in [0.25, 0.3) is 0 Å². The summed E-state index contributed by atoms with van der Waals surface area (Å²) in [5.74, 6) is -0.878. The SMILES string of the molecule is O=C(O)C1CCCCCN1C(=O)C1Cc2ccccc2S1. The van der Waals surface area contributed by atoms with Gasteiger partial charge >= 0.3 is 5.97 Å². The van der Waals surface area contributed by atoms with Gasteiger partial charge in [0.25, 0.3) is 0 Å². The molecule has 2 heterocycles. The standard InChI is InChI=1S/C16H19NO3S/c18-15(14-10-11-6-3-4-8-13(11)21-14)17-9-5-1-2-7-12(17)16(19)20/h3-4,6,8,12,14H,1-2,5,7,9-10H2,(H,19,20). The molecule has 0 aliphatic carbocycles. The van der Waals surface area contributed by atoms with Crippen LogP contribution in [0.3, 0.4) is 0 Å². The number of aliphatic carboxylic acids is 1. The third kappa shape index (κ3) is 2.93. The molecule has 5 heteroatoms. The number of hydrogen-bond donors (Lipinski definition) is 1. The van der Waals surface area contributed by atoms with Crippen LogP contribution in [-0.2, 0) is 16.0 Å². The Labute approximate surface area is 128 Å². The molecular formula is C16H19NO3S. The molecule has 0 spiro atoms. The molecule has 2 unspecified atom stereocenters. The number of thioether (sulfide) groups is 1. The Bertz CT molecular complexity index is 535. The molecule has 1 N–H and O–H groups in total. The van der Waals surface area contributed by atoms with E-state index in [9.17, 15) is 14.7 Å². The average molecular weight is 305 g/mol. The zero-order chi connectivity index (χ0) is 14.8. The van der Waals surface area contributed by atoms with E-state index in [4.69, 9.17) is 0 Å². The molecule has 1 saturated heterocycles. The van der Waals surface area contributed by atoms with Crippen molar-refractivity contribution in [1.82, 2.24) is 4.90 Å². The van der Waals surface area contributed by atoms with Crippen molar-refractivity contribution in [3.63, 3.8) is 0 Å². The minimum Gasteiger partial charge on any atom is -0.480 e. The van der Waals surface area contributed by atoms with E-state index in [-0.39, 0.29) is 11.2 Å². The zero-order valence-electron chi connectivity index (χ0n) is 11.8. The Morgan fingerprint density at radius 3 is 2.76 bits per heavy atom. The summed E-state index contributed by atoms with van der Waals surface area (Å²) < 4.78 is 0. The van der Waals surface area contributed by atoms with E-state index >= 15 is 0 Å². The van der Waals surface area contributed by atoms with E-state index in [1.165, 1.54) is 5.56 Å². The van der Waals surface area contributed by atoms with E-state index in [1.54, 1.807) is 16.7 Å². The Morgan fingerprint density at radius 1 is 1.19 bits per heavy atom. The number of likely N-dealkylation sites (tertiary alicyclic amines) is 1. The maximum absolute atomic E-state index is 12.8. The molecule has 0 bridgehead atoms. The number of rotatable bonds is 2. The first kappa shape index (κ1) is 14.4. The predicted octanol–water partition coefficient (Wildman–Crippen LogP) is 2.56. The van der Waals surface area contributed by atoms with Crippen LogP contribution >= 0.6 is 11.8 Å². The number of carbonyl (C=O) groups is 2. The van der Waals surface area contributed by atoms with Crippen LogP contribution in [0.15, 0.2) is 29.2 Å². The molecule has 3 rings (SSSR count). The number of fused-ring (bicyclic) bond motifs is 1. The summed E-state index contributed by atoms with van der Waals surface area (Å²) in [5, 5.41) is 9.23. The lowest BCUT2D eigenvalue weighted by molar-refractivity contribution is -0.150. The van der Waals surface area contributed by atoms with Gasteiger partial charge in [-0.2, -0.15) is 0 Å². The molecule has 0 aromatic heterocycles. The predicted molar refractivity (Wildman–Crippen MR) is 81.4 cm³/mol. The van der Waals surface area contributed by atoms with E-state index in [0.29, 0.717) is 19.4 Å². The van der Waals surface area contributed by atoms with Gasteiger partial charge in [-0.15, -0.1) is 11.8 Å². The first-order valence-electron chi connectivity index (χ1n) is 7.44. The fraction of sp³-hybridized carbons (Fsp3) is 0.500. The van der Waals surface area contributed by atoms with E-state index in [2.05, 4.69) is 0 Å². The van der Waals surface area contributed by atoms with Crippen molar-refractivity contribution < 1.29 is 14.7 Å². The molecule has 112 valence electrons. The Balaban J connectivity index is 1.76. The van der Waals surface area contributed by atoms with Crippen LogP contribution in [0.4, 0.5) is 0 Å². The summed E-state index contributed by atoms with van der Waals surface area (Å²) in [5.41, 5.74) is 1.20. The number of nitrogens with zero attached hydrogens (tertiary/aromatic N) is 1. The molecule has 2 aliphatic rings. The third-order valence-corrected chi connectivity index (χ3v) is 5.55. The molecule has 2 aliphatic heterocycles. The highest BCUT2D eigenvalue weighted by Crippen LogP contribution is 2.38. The number of benzene rings is 1. The second kappa shape index (κ2) is 6.10. The number of amides is 1. The second-order valence-electron chi connectivity index (χ2n) is 5.65. The van der Waals surface area contributed by atoms with Gasteiger partial charge in [0, 0.05) is 11.4 Å². The lowest BCUT2D eigenvalue weighted by Crippen LogP contribution is -2.48. The summed E-state index contributed by atoms with van der Waals surface area (Å²) in [6, 6.07) is 7.39. The van der Waals surface area contributed by atoms with Crippen LogP contribution in [-0.4, -0.2) is 39.7 Å². The molecule has 0 radical (unpaired) electrons. The zero-order valence-corrected chi connectivity index (χ0v) is 12.6. The summed E-state index contributed by atoms with van der Waals surface area (Å²) in [7, 11) is 0. The van der Waals surface area contributed by atoms with Crippen LogP contribution in [0.1, 0.15) is 31.2 Å². The van der Waals surface area contributed by atoms with Crippen molar-refractivity contribution in [1.29, 1.82) is 0 Å². The van der Waals surface area contributed by atoms with Crippen LogP contribution in [0.2, 0.25) is 0 Å². The molecule has 1 amide bonds. The van der Waals surface area contributed by atoms with Gasteiger partial charge in [-0.1, -0.05) is 31.0 Å². The van der Waals surface area contributed by atoms with Gasteiger partial charge in [0.15, 0.2) is 0 Å². The van der Waals surface area contributed by atoms with Gasteiger partial charge in [0.05, 0.1) is 5.25 Å². The number of carboxylic acid groups (broad SMARTS) is 1. The second-order valence-corrected chi connectivity index (χ2v) is 6.90. The van der Waals surface area contributed by atoms with Gasteiger partial charge in [-0.25, -0.2) is 4.79 Å². The number of carboxylic acids is 1. The molecule has 4 nitrogen and oxygen atoms in total. The normalized spacial score (nSPS) is 25.2. The van der Waals surface area contributed by atoms with E-state index < -0.39 is 12.0 Å². The number of carbonyl (C=O) groups excluding carboxylic acids is 1. The Hall–Kier alpha value is -1.49. The summed E-state index contributed by atoms with van der Waals surface area (Å²) in [6.45, 7) is 0.573. The molecule has 2 atom stereocenters. The third-order valence-electron chi connectivity index (χ3n) is 4.24. The molecule has 0 saturated carbocycles. The van der Waals surface area contributed by atoms with Crippen LogP contribution in [0.5, 0.6) is 0 Å². The highest BCUT2D eigenvalue weighted by molar-refractivity contribution is 8.01. The van der Waals surface area contributed by atoms with Crippen molar-refractivity contribution in [2.75, 3.05) is 6.54 Å². The molecule has 1 aromatic carbocycles. The monoisotopic (exact) mass is 305 g/mol. The molecular weight excluding hydrogens is 286 g/mol. The van der Waals surface area contributed by atoms with Crippen LogP contribution in [0, 0.1) is 0 Å². The van der Waals surface area contributed by atoms with Crippen molar-refractivity contribution in [2.45, 2.75) is 48.3 Å². The first-order valence-corrected chi connectivity index (χ1v) is 8.32.